The van der Waals surface area contributed by atoms with Gasteiger partial charge in [-0.1, -0.05) is 0 Å². The first-order chi connectivity index (χ1) is 3.80. The molecule has 0 aromatic rings. The minimum absolute atomic E-state index is 0.139. The normalized spacial score (nSPS) is 28.4. The first-order valence-corrected chi connectivity index (χ1v) is 3.78. The van der Waals surface area contributed by atoms with Crippen molar-refractivity contribution >= 4 is 17.5 Å². The molecule has 1 rings (SSSR count). The van der Waals surface area contributed by atoms with Crippen molar-refractivity contribution in [3.8, 4) is 0 Å². The molecule has 0 spiro atoms. The lowest BCUT2D eigenvalue weighted by atomic mass is 10.2. The van der Waals surface area contributed by atoms with Gasteiger partial charge in [0, 0.05) is 11.6 Å². The molecule has 0 amide bonds. The van der Waals surface area contributed by atoms with Crippen molar-refractivity contribution in [2.75, 3.05) is 11.6 Å². The van der Waals surface area contributed by atoms with Crippen LogP contribution >= 0.6 is 11.8 Å². The summed E-state index contributed by atoms with van der Waals surface area (Å²) in [5.74, 6) is 2.15. The molecule has 0 aromatic carbocycles. The molecule has 1 aliphatic heterocycles. The molecule has 8 heavy (non-hydrogen) atoms. The van der Waals surface area contributed by atoms with Crippen molar-refractivity contribution in [3.05, 3.63) is 0 Å². The van der Waals surface area contributed by atoms with Crippen molar-refractivity contribution in [1.29, 1.82) is 0 Å². The molecule has 0 bridgehead atoms. The fourth-order valence-corrected chi connectivity index (χ4v) is 1.68. The zero-order valence-electron chi connectivity index (χ0n) is 4.81. The highest BCUT2D eigenvalue weighted by Crippen LogP contribution is 2.09. The van der Waals surface area contributed by atoms with Gasteiger partial charge in [-0.05, 0) is 6.92 Å². The van der Waals surface area contributed by atoms with Gasteiger partial charge < -0.3 is 0 Å². The summed E-state index contributed by atoms with van der Waals surface area (Å²) < 4.78 is 0. The molecule has 1 atom stereocenters. The average molecular weight is 131 g/mol. The Labute approximate surface area is 53.0 Å². The SMILES string of the molecule is CC(=O)C1CSCN1. The molecule has 46 valence electrons. The lowest BCUT2D eigenvalue weighted by molar-refractivity contribution is -0.118. The summed E-state index contributed by atoms with van der Waals surface area (Å²) in [6.07, 6.45) is 0. The summed E-state index contributed by atoms with van der Waals surface area (Å²) in [6.45, 7) is 1.63. The second kappa shape index (κ2) is 2.51. The molecule has 0 aliphatic carbocycles. The van der Waals surface area contributed by atoms with E-state index in [0.29, 0.717) is 0 Å². The molecule has 1 unspecified atom stereocenters. The van der Waals surface area contributed by atoms with Crippen LogP contribution in [0.4, 0.5) is 0 Å². The number of Topliss-reactive ketones (excluding diaryl/α,β-unsaturated/α-hetero) is 1. The van der Waals surface area contributed by atoms with Crippen LogP contribution in [0, 0.1) is 0 Å². The Morgan fingerprint density at radius 2 is 2.62 bits per heavy atom. The molecular formula is C5H9NOS. The number of ketones is 1. The van der Waals surface area contributed by atoms with Crippen LogP contribution < -0.4 is 5.32 Å². The predicted octanol–water partition coefficient (Wildman–Crippen LogP) is 0.238. The monoisotopic (exact) mass is 131 g/mol. The van der Waals surface area contributed by atoms with E-state index in [0.717, 1.165) is 11.6 Å². The summed E-state index contributed by atoms with van der Waals surface area (Å²) in [5.41, 5.74) is 0. The van der Waals surface area contributed by atoms with Crippen LogP contribution in [-0.2, 0) is 4.79 Å². The van der Waals surface area contributed by atoms with Crippen molar-refractivity contribution in [1.82, 2.24) is 5.32 Å². The fourth-order valence-electron chi connectivity index (χ4n) is 0.656. The highest BCUT2D eigenvalue weighted by atomic mass is 32.2. The fraction of sp³-hybridized carbons (Fsp3) is 0.800. The van der Waals surface area contributed by atoms with Gasteiger partial charge >= 0.3 is 0 Å². The lowest BCUT2D eigenvalue weighted by Crippen LogP contribution is -2.30. The van der Waals surface area contributed by atoms with Gasteiger partial charge in [0.25, 0.3) is 0 Å². The molecule has 0 aromatic heterocycles. The summed E-state index contributed by atoms with van der Waals surface area (Å²) in [4.78, 5) is 10.6. The van der Waals surface area contributed by atoms with E-state index >= 15 is 0 Å². The zero-order valence-corrected chi connectivity index (χ0v) is 5.62. The first-order valence-electron chi connectivity index (χ1n) is 2.62. The van der Waals surface area contributed by atoms with Crippen LogP contribution in [0.3, 0.4) is 0 Å². The Hall–Kier alpha value is -0.0200. The number of thioether (sulfide) groups is 1. The van der Waals surface area contributed by atoms with Gasteiger partial charge in [-0.2, -0.15) is 0 Å². The Morgan fingerprint density at radius 3 is 2.88 bits per heavy atom. The molecule has 0 saturated carbocycles. The van der Waals surface area contributed by atoms with Crippen LogP contribution in [0.25, 0.3) is 0 Å². The standard InChI is InChI=1S/C5H9NOS/c1-4(7)5-2-8-3-6-5/h5-6H,2-3H2,1H3. The van der Waals surface area contributed by atoms with Crippen molar-refractivity contribution in [3.63, 3.8) is 0 Å². The molecule has 1 aliphatic rings. The third kappa shape index (κ3) is 1.23. The second-order valence-corrected chi connectivity index (χ2v) is 2.91. The Morgan fingerprint density at radius 1 is 1.88 bits per heavy atom. The van der Waals surface area contributed by atoms with Crippen molar-refractivity contribution in [2.24, 2.45) is 0 Å². The Kier molecular flexibility index (Phi) is 1.91. The van der Waals surface area contributed by atoms with E-state index in [1.807, 2.05) is 0 Å². The minimum Gasteiger partial charge on any atom is -0.298 e. The topological polar surface area (TPSA) is 29.1 Å². The number of nitrogens with one attached hydrogen (secondary N) is 1. The van der Waals surface area contributed by atoms with Crippen molar-refractivity contribution < 1.29 is 4.79 Å². The second-order valence-electron chi connectivity index (χ2n) is 1.88. The Bertz CT molecular complexity index is 98.6. The average Bonchev–Trinajstić information content (AvgIpc) is 2.12. The number of hydrogen-bond acceptors (Lipinski definition) is 3. The maximum absolute atomic E-state index is 10.6. The van der Waals surface area contributed by atoms with E-state index in [1.54, 1.807) is 18.7 Å². The predicted molar refractivity (Wildman–Crippen MR) is 34.9 cm³/mol. The largest absolute Gasteiger partial charge is 0.298 e. The van der Waals surface area contributed by atoms with E-state index < -0.39 is 0 Å². The maximum atomic E-state index is 10.6. The van der Waals surface area contributed by atoms with Crippen LogP contribution in [0.2, 0.25) is 0 Å². The van der Waals surface area contributed by atoms with Crippen LogP contribution in [-0.4, -0.2) is 23.5 Å². The zero-order chi connectivity index (χ0) is 5.98. The van der Waals surface area contributed by atoms with Crippen LogP contribution in [0.1, 0.15) is 6.92 Å². The Balaban J connectivity index is 2.35. The van der Waals surface area contributed by atoms with E-state index in [1.165, 1.54) is 0 Å². The number of carbonyl (C=O) groups is 1. The first kappa shape index (κ1) is 6.11. The van der Waals surface area contributed by atoms with Gasteiger partial charge in [0.2, 0.25) is 0 Å². The third-order valence-electron chi connectivity index (χ3n) is 1.21. The highest BCUT2D eigenvalue weighted by Gasteiger charge is 2.17. The van der Waals surface area contributed by atoms with Gasteiger partial charge in [-0.15, -0.1) is 11.8 Å². The molecule has 1 heterocycles. The van der Waals surface area contributed by atoms with Crippen LogP contribution in [0.15, 0.2) is 0 Å². The molecule has 1 N–H and O–H groups in total. The summed E-state index contributed by atoms with van der Waals surface area (Å²) in [7, 11) is 0. The molecule has 3 heteroatoms. The van der Waals surface area contributed by atoms with E-state index in [9.17, 15) is 4.79 Å². The maximum Gasteiger partial charge on any atom is 0.147 e. The van der Waals surface area contributed by atoms with Gasteiger partial charge in [0.1, 0.15) is 5.78 Å². The molecule has 1 saturated heterocycles. The van der Waals surface area contributed by atoms with E-state index in [2.05, 4.69) is 5.32 Å². The molecule has 2 nitrogen and oxygen atoms in total. The van der Waals surface area contributed by atoms with Gasteiger partial charge in [0.05, 0.1) is 6.04 Å². The summed E-state index contributed by atoms with van der Waals surface area (Å²) in [6, 6.07) is 0.139. The van der Waals surface area contributed by atoms with Gasteiger partial charge in [-0.25, -0.2) is 0 Å². The lowest BCUT2D eigenvalue weighted by Gasteiger charge is -2.00. The van der Waals surface area contributed by atoms with Gasteiger partial charge in [-0.3, -0.25) is 10.1 Å². The van der Waals surface area contributed by atoms with E-state index in [4.69, 9.17) is 0 Å². The summed E-state index contributed by atoms with van der Waals surface area (Å²) in [5, 5.41) is 3.07. The highest BCUT2D eigenvalue weighted by molar-refractivity contribution is 7.99. The number of rotatable bonds is 1. The minimum atomic E-state index is 0.139. The molecular weight excluding hydrogens is 122 g/mol. The smallest absolute Gasteiger partial charge is 0.147 e. The third-order valence-corrected chi connectivity index (χ3v) is 2.15. The molecule has 0 radical (unpaired) electrons. The number of hydrogen-bond donors (Lipinski definition) is 1. The number of carbonyl (C=O) groups excluding carboxylic acids is 1. The van der Waals surface area contributed by atoms with E-state index in [-0.39, 0.29) is 11.8 Å². The van der Waals surface area contributed by atoms with Crippen LogP contribution in [0.5, 0.6) is 0 Å². The van der Waals surface area contributed by atoms with Gasteiger partial charge in [0.15, 0.2) is 0 Å². The quantitative estimate of drug-likeness (QED) is 0.552. The van der Waals surface area contributed by atoms with Crippen molar-refractivity contribution in [2.45, 2.75) is 13.0 Å². The summed E-state index contributed by atoms with van der Waals surface area (Å²) >= 11 is 1.78. The molecule has 1 fully saturated rings.